The van der Waals surface area contributed by atoms with Crippen molar-refractivity contribution in [3.05, 3.63) is 18.3 Å². The van der Waals surface area contributed by atoms with E-state index >= 15 is 0 Å². The summed E-state index contributed by atoms with van der Waals surface area (Å²) in [6.45, 7) is 1.05. The lowest BCUT2D eigenvalue weighted by Gasteiger charge is -2.35. The van der Waals surface area contributed by atoms with Gasteiger partial charge in [-0.3, -0.25) is 0 Å². The molecule has 1 aromatic rings. The van der Waals surface area contributed by atoms with Crippen LogP contribution in [-0.4, -0.2) is 30.4 Å². The Morgan fingerprint density at radius 3 is 2.67 bits per heavy atom. The van der Waals surface area contributed by atoms with Crippen molar-refractivity contribution in [3.8, 4) is 5.75 Å². The third-order valence-electron chi connectivity index (χ3n) is 3.87. The molecule has 4 heteroatoms. The van der Waals surface area contributed by atoms with Gasteiger partial charge < -0.3 is 15.2 Å². The van der Waals surface area contributed by atoms with Crippen LogP contribution in [0.2, 0.25) is 0 Å². The molecule has 1 aromatic heterocycles. The van der Waals surface area contributed by atoms with E-state index in [1.807, 2.05) is 12.1 Å². The molecule has 1 aliphatic rings. The van der Waals surface area contributed by atoms with Crippen molar-refractivity contribution in [2.45, 2.75) is 32.1 Å². The van der Waals surface area contributed by atoms with Crippen molar-refractivity contribution in [2.75, 3.05) is 25.6 Å². The van der Waals surface area contributed by atoms with Gasteiger partial charge in [-0.1, -0.05) is 19.3 Å². The van der Waals surface area contributed by atoms with Gasteiger partial charge in [0.05, 0.1) is 19.9 Å². The Labute approximate surface area is 108 Å². The number of nitrogens with one attached hydrogen (secondary N) is 1. The molecule has 0 radical (unpaired) electrons. The van der Waals surface area contributed by atoms with Gasteiger partial charge >= 0.3 is 0 Å². The first-order valence-electron chi connectivity index (χ1n) is 6.63. The Morgan fingerprint density at radius 1 is 1.33 bits per heavy atom. The summed E-state index contributed by atoms with van der Waals surface area (Å²) < 4.78 is 5.07. The van der Waals surface area contributed by atoms with E-state index < -0.39 is 0 Å². The smallest absolute Gasteiger partial charge is 0.137 e. The molecule has 1 aliphatic carbocycles. The van der Waals surface area contributed by atoms with E-state index in [-0.39, 0.29) is 12.0 Å². The molecule has 100 valence electrons. The molecule has 2 rings (SSSR count). The van der Waals surface area contributed by atoms with Crippen LogP contribution in [0, 0.1) is 5.41 Å². The molecule has 0 unspecified atom stereocenters. The molecular weight excluding hydrogens is 228 g/mol. The number of pyridine rings is 1. The molecule has 0 spiro atoms. The number of aliphatic hydroxyl groups is 1. The number of hydrogen-bond donors (Lipinski definition) is 2. The molecule has 0 atom stereocenters. The second-order valence-corrected chi connectivity index (χ2v) is 5.16. The Balaban J connectivity index is 1.92. The van der Waals surface area contributed by atoms with Crippen LogP contribution < -0.4 is 10.1 Å². The molecule has 0 saturated heterocycles. The van der Waals surface area contributed by atoms with Crippen LogP contribution in [0.1, 0.15) is 32.1 Å². The normalized spacial score (nSPS) is 18.3. The Kier molecular flexibility index (Phi) is 4.42. The Morgan fingerprint density at radius 2 is 2.11 bits per heavy atom. The summed E-state index contributed by atoms with van der Waals surface area (Å²) >= 11 is 0. The summed E-state index contributed by atoms with van der Waals surface area (Å²) in [6, 6.07) is 3.80. The van der Waals surface area contributed by atoms with Crippen LogP contribution in [-0.2, 0) is 0 Å². The quantitative estimate of drug-likeness (QED) is 0.842. The number of anilines is 1. The van der Waals surface area contributed by atoms with Crippen LogP contribution >= 0.6 is 0 Å². The molecule has 0 bridgehead atoms. The molecule has 0 aliphatic heterocycles. The van der Waals surface area contributed by atoms with Crippen molar-refractivity contribution in [1.29, 1.82) is 0 Å². The number of aliphatic hydroxyl groups excluding tert-OH is 1. The minimum Gasteiger partial charge on any atom is -0.495 e. The van der Waals surface area contributed by atoms with E-state index in [2.05, 4.69) is 10.3 Å². The lowest BCUT2D eigenvalue weighted by atomic mass is 9.74. The van der Waals surface area contributed by atoms with Crippen molar-refractivity contribution in [3.63, 3.8) is 0 Å². The fraction of sp³-hybridized carbons (Fsp3) is 0.643. The average molecular weight is 250 g/mol. The highest BCUT2D eigenvalue weighted by atomic mass is 16.5. The van der Waals surface area contributed by atoms with Crippen molar-refractivity contribution in [1.82, 2.24) is 4.98 Å². The van der Waals surface area contributed by atoms with Crippen LogP contribution in [0.25, 0.3) is 0 Å². The predicted octanol–water partition coefficient (Wildman–Crippen LogP) is 2.44. The maximum Gasteiger partial charge on any atom is 0.137 e. The molecule has 0 amide bonds. The maximum absolute atomic E-state index is 9.62. The van der Waals surface area contributed by atoms with E-state index in [1.54, 1.807) is 13.3 Å². The maximum atomic E-state index is 9.62. The van der Waals surface area contributed by atoms with Gasteiger partial charge in [0.1, 0.15) is 11.6 Å². The number of aromatic nitrogens is 1. The van der Waals surface area contributed by atoms with Crippen molar-refractivity contribution in [2.24, 2.45) is 5.41 Å². The molecule has 1 heterocycles. The third-order valence-corrected chi connectivity index (χ3v) is 3.87. The zero-order valence-electron chi connectivity index (χ0n) is 11.0. The minimum atomic E-state index is 0.0415. The lowest BCUT2D eigenvalue weighted by Crippen LogP contribution is -2.35. The van der Waals surface area contributed by atoms with Gasteiger partial charge in [0.2, 0.25) is 0 Å². The first-order valence-corrected chi connectivity index (χ1v) is 6.63. The summed E-state index contributed by atoms with van der Waals surface area (Å²) in [5.41, 5.74) is 0.0415. The van der Waals surface area contributed by atoms with Crippen LogP contribution in [0.3, 0.4) is 0 Å². The van der Waals surface area contributed by atoms with Crippen molar-refractivity contribution < 1.29 is 9.84 Å². The fourth-order valence-electron chi connectivity index (χ4n) is 2.58. The van der Waals surface area contributed by atoms with E-state index in [4.69, 9.17) is 4.74 Å². The fourth-order valence-corrected chi connectivity index (χ4v) is 2.58. The van der Waals surface area contributed by atoms with Gasteiger partial charge in [-0.25, -0.2) is 4.98 Å². The van der Waals surface area contributed by atoms with Crippen LogP contribution in [0.5, 0.6) is 5.75 Å². The van der Waals surface area contributed by atoms with E-state index in [0.717, 1.165) is 31.0 Å². The number of methoxy groups -OCH3 is 1. The van der Waals surface area contributed by atoms with Gasteiger partial charge in [0.25, 0.3) is 0 Å². The average Bonchev–Trinajstić information content (AvgIpc) is 2.47. The number of ether oxygens (including phenoxy) is 1. The molecule has 1 saturated carbocycles. The Hall–Kier alpha value is -1.29. The molecule has 1 fully saturated rings. The molecular formula is C14H22N2O2. The minimum absolute atomic E-state index is 0.0415. The topological polar surface area (TPSA) is 54.4 Å². The first kappa shape index (κ1) is 13.1. The van der Waals surface area contributed by atoms with Gasteiger partial charge in [-0.15, -0.1) is 0 Å². The summed E-state index contributed by atoms with van der Waals surface area (Å²) in [5.74, 6) is 1.60. The van der Waals surface area contributed by atoms with E-state index in [1.165, 1.54) is 19.3 Å². The molecule has 18 heavy (non-hydrogen) atoms. The summed E-state index contributed by atoms with van der Waals surface area (Å²) in [4.78, 5) is 4.28. The lowest BCUT2D eigenvalue weighted by molar-refractivity contribution is 0.0943. The number of hydrogen-bond acceptors (Lipinski definition) is 4. The SMILES string of the molecule is COc1ccc(NCC2(CO)CCCCC2)nc1. The predicted molar refractivity (Wildman–Crippen MR) is 71.9 cm³/mol. The highest BCUT2D eigenvalue weighted by molar-refractivity contribution is 5.37. The van der Waals surface area contributed by atoms with E-state index in [9.17, 15) is 5.11 Å². The van der Waals surface area contributed by atoms with Crippen LogP contribution in [0.15, 0.2) is 18.3 Å². The first-order chi connectivity index (χ1) is 8.78. The Bertz CT molecular complexity index is 359. The third kappa shape index (κ3) is 3.13. The molecule has 0 aromatic carbocycles. The summed E-state index contributed by atoms with van der Waals surface area (Å²) in [6.07, 6.45) is 7.65. The van der Waals surface area contributed by atoms with Crippen molar-refractivity contribution >= 4 is 5.82 Å². The highest BCUT2D eigenvalue weighted by Crippen LogP contribution is 2.35. The van der Waals surface area contributed by atoms with Gasteiger partial charge in [-0.05, 0) is 25.0 Å². The van der Waals surface area contributed by atoms with Gasteiger partial charge in [0.15, 0.2) is 0 Å². The second kappa shape index (κ2) is 6.05. The van der Waals surface area contributed by atoms with Crippen LogP contribution in [0.4, 0.5) is 5.82 Å². The zero-order chi connectivity index (χ0) is 12.8. The van der Waals surface area contributed by atoms with E-state index in [0.29, 0.717) is 0 Å². The van der Waals surface area contributed by atoms with Gasteiger partial charge in [-0.2, -0.15) is 0 Å². The largest absolute Gasteiger partial charge is 0.495 e. The van der Waals surface area contributed by atoms with Gasteiger partial charge in [0, 0.05) is 12.0 Å². The summed E-state index contributed by atoms with van der Waals surface area (Å²) in [7, 11) is 1.63. The second-order valence-electron chi connectivity index (χ2n) is 5.16. The highest BCUT2D eigenvalue weighted by Gasteiger charge is 2.31. The molecule has 4 nitrogen and oxygen atoms in total. The molecule has 2 N–H and O–H groups in total. The standard InChI is InChI=1S/C14H22N2O2/c1-18-12-5-6-13(15-9-12)16-10-14(11-17)7-3-2-4-8-14/h5-6,9,17H,2-4,7-8,10-11H2,1H3,(H,15,16). The summed E-state index contributed by atoms with van der Waals surface area (Å²) in [5, 5.41) is 13.0. The monoisotopic (exact) mass is 250 g/mol. The zero-order valence-corrected chi connectivity index (χ0v) is 11.0. The number of nitrogens with zero attached hydrogens (tertiary/aromatic N) is 1. The number of rotatable bonds is 5.